The Hall–Kier alpha value is -2.73. The van der Waals surface area contributed by atoms with E-state index in [0.717, 1.165) is 35.1 Å². The molecule has 0 amide bonds. The second-order valence-electron chi connectivity index (χ2n) is 8.32. The number of aromatic nitrogens is 4. The highest BCUT2D eigenvalue weighted by Gasteiger charge is 2.28. The van der Waals surface area contributed by atoms with Gasteiger partial charge in [-0.3, -0.25) is 14.3 Å². The molecule has 2 aliphatic rings. The Morgan fingerprint density at radius 1 is 1.32 bits per heavy atom. The molecule has 180 valence electrons. The second kappa shape index (κ2) is 10.3. The number of rotatable bonds is 7. The van der Waals surface area contributed by atoms with Gasteiger partial charge >= 0.3 is 0 Å². The van der Waals surface area contributed by atoms with Crippen LogP contribution in [0.3, 0.4) is 0 Å². The Morgan fingerprint density at radius 3 is 3.06 bits per heavy atom. The minimum atomic E-state index is -0.850. The Bertz CT molecular complexity index is 1210. The number of aliphatic hydroxyl groups excluding tert-OH is 1. The molecule has 0 bridgehead atoms. The lowest BCUT2D eigenvalue weighted by Crippen LogP contribution is -2.45. The summed E-state index contributed by atoms with van der Waals surface area (Å²) >= 11 is 1.79. The second-order valence-corrected chi connectivity index (χ2v) is 9.45. The zero-order valence-electron chi connectivity index (χ0n) is 18.8. The molecule has 1 fully saturated rings. The first-order valence-electron chi connectivity index (χ1n) is 11.3. The van der Waals surface area contributed by atoms with Crippen molar-refractivity contribution in [3.05, 3.63) is 46.6 Å². The molecular weight excluding hydrogens is 458 g/mol. The van der Waals surface area contributed by atoms with E-state index in [1.807, 2.05) is 0 Å². The predicted octanol–water partition coefficient (Wildman–Crippen LogP) is 1.38. The summed E-state index contributed by atoms with van der Waals surface area (Å²) in [6.45, 7) is 1.91. The summed E-state index contributed by atoms with van der Waals surface area (Å²) in [6.07, 6.45) is 3.59. The third kappa shape index (κ3) is 5.02. The van der Waals surface area contributed by atoms with Crippen LogP contribution < -0.4 is 20.3 Å². The quantitative estimate of drug-likeness (QED) is 0.508. The van der Waals surface area contributed by atoms with Crippen LogP contribution in [0.1, 0.15) is 18.5 Å². The van der Waals surface area contributed by atoms with E-state index < -0.39 is 6.10 Å². The minimum Gasteiger partial charge on any atom is -0.490 e. The Balaban J connectivity index is 1.17. The number of nitrogens with one attached hydrogen (secondary N) is 1. The van der Waals surface area contributed by atoms with E-state index in [9.17, 15) is 9.90 Å². The highest BCUT2D eigenvalue weighted by atomic mass is 32.2. The SMILES string of the molecule is COc1cnc2ccc(=O)n(C[C@H](O)C3CC[C@@H](NCc4cc5c(cn4)OCCS5)CO3)c2n1. The smallest absolute Gasteiger partial charge is 0.252 e. The van der Waals surface area contributed by atoms with Gasteiger partial charge in [-0.1, -0.05) is 0 Å². The number of hydrogen-bond acceptors (Lipinski definition) is 10. The summed E-state index contributed by atoms with van der Waals surface area (Å²) in [7, 11) is 1.49. The molecule has 2 aliphatic heterocycles. The van der Waals surface area contributed by atoms with Gasteiger partial charge in [-0.15, -0.1) is 11.8 Å². The molecule has 1 saturated heterocycles. The number of nitrogens with zero attached hydrogens (tertiary/aromatic N) is 4. The van der Waals surface area contributed by atoms with Crippen LogP contribution in [-0.4, -0.2) is 69.0 Å². The van der Waals surface area contributed by atoms with Gasteiger partial charge in [0, 0.05) is 24.4 Å². The number of aliphatic hydroxyl groups is 1. The monoisotopic (exact) mass is 485 g/mol. The highest BCUT2D eigenvalue weighted by molar-refractivity contribution is 7.99. The zero-order chi connectivity index (χ0) is 23.5. The van der Waals surface area contributed by atoms with Crippen molar-refractivity contribution in [2.75, 3.05) is 26.1 Å². The maximum absolute atomic E-state index is 12.5. The molecule has 5 heterocycles. The standard InChI is InChI=1S/C23H27N5O5S/c1-31-21-11-26-16-3-5-22(30)28(23(16)27-21)12-17(29)18-4-2-14(13-33-18)24-9-15-8-20-19(10-25-15)32-6-7-34-20/h3,5,8,10-11,14,17-18,24,29H,2,4,6-7,9,12-13H2,1H3/t14-,17+,18?/m1/s1. The molecule has 0 radical (unpaired) electrons. The minimum absolute atomic E-state index is 0.0690. The van der Waals surface area contributed by atoms with E-state index in [4.69, 9.17) is 14.2 Å². The number of thioether (sulfide) groups is 1. The number of ether oxygens (including phenoxy) is 3. The van der Waals surface area contributed by atoms with Gasteiger partial charge in [0.05, 0.1) is 62.1 Å². The van der Waals surface area contributed by atoms with Crippen molar-refractivity contribution in [3.63, 3.8) is 0 Å². The van der Waals surface area contributed by atoms with E-state index in [1.165, 1.54) is 23.9 Å². The van der Waals surface area contributed by atoms with Gasteiger partial charge in [-0.05, 0) is 25.0 Å². The third-order valence-electron chi connectivity index (χ3n) is 6.04. The fraction of sp³-hybridized carbons (Fsp3) is 0.478. The van der Waals surface area contributed by atoms with Crippen molar-refractivity contribution in [1.82, 2.24) is 24.8 Å². The van der Waals surface area contributed by atoms with Crippen molar-refractivity contribution in [3.8, 4) is 11.6 Å². The highest BCUT2D eigenvalue weighted by Crippen LogP contribution is 2.32. The van der Waals surface area contributed by atoms with Gasteiger partial charge < -0.3 is 24.6 Å². The normalized spacial score (nSPS) is 21.0. The molecular formula is C23H27N5O5S. The van der Waals surface area contributed by atoms with Crippen LogP contribution in [0.5, 0.6) is 11.6 Å². The largest absolute Gasteiger partial charge is 0.490 e. The summed E-state index contributed by atoms with van der Waals surface area (Å²) in [5.41, 5.74) is 1.64. The first-order chi connectivity index (χ1) is 16.6. The zero-order valence-corrected chi connectivity index (χ0v) is 19.7. The molecule has 0 aromatic carbocycles. The molecule has 0 saturated carbocycles. The molecule has 0 spiro atoms. The van der Waals surface area contributed by atoms with E-state index >= 15 is 0 Å². The number of methoxy groups -OCH3 is 1. The molecule has 0 aliphatic carbocycles. The fourth-order valence-electron chi connectivity index (χ4n) is 4.18. The molecule has 34 heavy (non-hydrogen) atoms. The summed E-state index contributed by atoms with van der Waals surface area (Å²) in [5.74, 6) is 2.12. The van der Waals surface area contributed by atoms with E-state index in [-0.39, 0.29) is 24.2 Å². The number of hydrogen-bond donors (Lipinski definition) is 2. The summed E-state index contributed by atoms with van der Waals surface area (Å²) in [4.78, 5) is 26.7. The van der Waals surface area contributed by atoms with Crippen LogP contribution >= 0.6 is 11.8 Å². The van der Waals surface area contributed by atoms with Crippen molar-refractivity contribution in [2.45, 2.75) is 49.1 Å². The molecule has 10 nitrogen and oxygen atoms in total. The lowest BCUT2D eigenvalue weighted by Gasteiger charge is -2.32. The number of pyridine rings is 2. The summed E-state index contributed by atoms with van der Waals surface area (Å²) in [6, 6.07) is 5.28. The molecule has 5 rings (SSSR count). The van der Waals surface area contributed by atoms with Crippen molar-refractivity contribution in [1.29, 1.82) is 0 Å². The fourth-order valence-corrected chi connectivity index (χ4v) is 5.04. The van der Waals surface area contributed by atoms with Gasteiger partial charge in [0.25, 0.3) is 5.56 Å². The molecule has 3 atom stereocenters. The van der Waals surface area contributed by atoms with Crippen LogP contribution in [0.4, 0.5) is 0 Å². The maximum atomic E-state index is 12.5. The van der Waals surface area contributed by atoms with Crippen molar-refractivity contribution >= 4 is 22.9 Å². The van der Waals surface area contributed by atoms with Crippen LogP contribution in [-0.2, 0) is 17.8 Å². The van der Waals surface area contributed by atoms with Crippen molar-refractivity contribution < 1.29 is 19.3 Å². The van der Waals surface area contributed by atoms with Gasteiger partial charge in [-0.25, -0.2) is 4.98 Å². The first-order valence-corrected chi connectivity index (χ1v) is 12.3. The molecule has 3 aromatic heterocycles. The lowest BCUT2D eigenvalue weighted by atomic mass is 10.0. The maximum Gasteiger partial charge on any atom is 0.252 e. The third-order valence-corrected chi connectivity index (χ3v) is 7.04. The van der Waals surface area contributed by atoms with Gasteiger partial charge in [0.1, 0.15) is 5.52 Å². The van der Waals surface area contributed by atoms with E-state index in [1.54, 1.807) is 24.0 Å². The predicted molar refractivity (Wildman–Crippen MR) is 126 cm³/mol. The summed E-state index contributed by atoms with van der Waals surface area (Å²) in [5, 5.41) is 14.3. The average Bonchev–Trinajstić information content (AvgIpc) is 2.89. The Morgan fingerprint density at radius 2 is 2.24 bits per heavy atom. The molecule has 11 heteroatoms. The Kier molecular flexibility index (Phi) is 6.95. The topological polar surface area (TPSA) is 121 Å². The van der Waals surface area contributed by atoms with Crippen LogP contribution in [0, 0.1) is 0 Å². The van der Waals surface area contributed by atoms with Gasteiger partial charge in [0.2, 0.25) is 5.88 Å². The van der Waals surface area contributed by atoms with E-state index in [0.29, 0.717) is 36.6 Å². The van der Waals surface area contributed by atoms with Crippen LogP contribution in [0.2, 0.25) is 0 Å². The first kappa shape index (κ1) is 23.0. The van der Waals surface area contributed by atoms with Gasteiger partial charge in [-0.2, -0.15) is 4.98 Å². The average molecular weight is 486 g/mol. The molecule has 2 N–H and O–H groups in total. The molecule has 3 aromatic rings. The van der Waals surface area contributed by atoms with Gasteiger partial charge in [0.15, 0.2) is 11.4 Å². The van der Waals surface area contributed by atoms with E-state index in [2.05, 4.69) is 26.3 Å². The number of fused-ring (bicyclic) bond motifs is 2. The van der Waals surface area contributed by atoms with Crippen LogP contribution in [0.15, 0.2) is 40.3 Å². The van der Waals surface area contributed by atoms with Crippen molar-refractivity contribution in [2.24, 2.45) is 0 Å². The Labute approximate surface area is 200 Å². The lowest BCUT2D eigenvalue weighted by molar-refractivity contribution is -0.0771. The molecule has 1 unspecified atom stereocenters. The van der Waals surface area contributed by atoms with Crippen LogP contribution in [0.25, 0.3) is 11.2 Å². The summed E-state index contributed by atoms with van der Waals surface area (Å²) < 4.78 is 18.1.